The first-order valence-corrected chi connectivity index (χ1v) is 6.82. The van der Waals surface area contributed by atoms with Crippen molar-refractivity contribution in [2.75, 3.05) is 18.9 Å². The molecule has 1 unspecified atom stereocenters. The first-order valence-electron chi connectivity index (χ1n) is 6.01. The predicted octanol–water partition coefficient (Wildman–Crippen LogP) is 1.43. The van der Waals surface area contributed by atoms with E-state index in [0.717, 1.165) is 0 Å². The quantitative estimate of drug-likeness (QED) is 0.864. The number of amides is 1. The molecule has 102 valence electrons. The molecule has 0 radical (unpaired) electrons. The summed E-state index contributed by atoms with van der Waals surface area (Å²) in [7, 11) is 0. The molecule has 0 aliphatic rings. The minimum absolute atomic E-state index is 0.0713. The van der Waals surface area contributed by atoms with Gasteiger partial charge in [-0.3, -0.25) is 4.79 Å². The van der Waals surface area contributed by atoms with Gasteiger partial charge in [-0.2, -0.15) is 0 Å². The van der Waals surface area contributed by atoms with E-state index in [1.54, 1.807) is 12.4 Å². The number of carbonyl (C=O) groups is 1. The van der Waals surface area contributed by atoms with Crippen LogP contribution < -0.4 is 11.1 Å². The Morgan fingerprint density at radius 2 is 2.26 bits per heavy atom. The van der Waals surface area contributed by atoms with Crippen molar-refractivity contribution in [3.63, 3.8) is 0 Å². The Kier molecular flexibility index (Phi) is 4.28. The highest BCUT2D eigenvalue weighted by molar-refractivity contribution is 7.21. The van der Waals surface area contributed by atoms with Crippen molar-refractivity contribution in [1.82, 2.24) is 15.3 Å². The number of nitrogens with two attached hydrogens (primary N) is 1. The van der Waals surface area contributed by atoms with Gasteiger partial charge in [0.15, 0.2) is 0 Å². The normalized spacial score (nSPS) is 12.5. The van der Waals surface area contributed by atoms with Gasteiger partial charge >= 0.3 is 0 Å². The minimum Gasteiger partial charge on any atom is -0.396 e. The summed E-state index contributed by atoms with van der Waals surface area (Å²) in [4.78, 5) is 21.5. The molecule has 2 rings (SSSR count). The van der Waals surface area contributed by atoms with Crippen molar-refractivity contribution in [2.45, 2.75) is 19.9 Å². The summed E-state index contributed by atoms with van der Waals surface area (Å²) in [6.45, 7) is 4.89. The van der Waals surface area contributed by atoms with Crippen molar-refractivity contribution in [3.8, 4) is 0 Å². The van der Waals surface area contributed by atoms with Gasteiger partial charge in [-0.15, -0.1) is 11.3 Å². The Labute approximate surface area is 115 Å². The second kappa shape index (κ2) is 5.94. The third kappa shape index (κ3) is 2.99. The summed E-state index contributed by atoms with van der Waals surface area (Å²) in [6, 6.07) is -0.0713. The van der Waals surface area contributed by atoms with Gasteiger partial charge < -0.3 is 15.8 Å². The second-order valence-corrected chi connectivity index (χ2v) is 5.09. The lowest BCUT2D eigenvalue weighted by atomic mass is 10.3. The number of nitrogens with one attached hydrogen (secondary N) is 1. The van der Waals surface area contributed by atoms with Gasteiger partial charge in [0.2, 0.25) is 0 Å². The van der Waals surface area contributed by atoms with E-state index in [0.29, 0.717) is 34.1 Å². The molecule has 6 nitrogen and oxygen atoms in total. The number of aromatic nitrogens is 2. The molecular formula is C12H16N4O2S. The van der Waals surface area contributed by atoms with Gasteiger partial charge in [-0.25, -0.2) is 9.97 Å². The predicted molar refractivity (Wildman–Crippen MR) is 75.2 cm³/mol. The van der Waals surface area contributed by atoms with E-state index in [1.165, 1.54) is 11.3 Å². The van der Waals surface area contributed by atoms with E-state index in [1.807, 2.05) is 13.8 Å². The maximum absolute atomic E-state index is 12.1. The van der Waals surface area contributed by atoms with Gasteiger partial charge in [0, 0.05) is 25.0 Å². The largest absolute Gasteiger partial charge is 0.396 e. The number of rotatable bonds is 5. The van der Waals surface area contributed by atoms with Crippen molar-refractivity contribution in [3.05, 3.63) is 17.3 Å². The summed E-state index contributed by atoms with van der Waals surface area (Å²) in [5, 5.41) is 2.84. The van der Waals surface area contributed by atoms with Gasteiger partial charge in [0.25, 0.3) is 5.91 Å². The fraction of sp³-hybridized carbons (Fsp3) is 0.417. The molecule has 0 bridgehead atoms. The van der Waals surface area contributed by atoms with Crippen LogP contribution in [0.25, 0.3) is 10.3 Å². The molecule has 0 aliphatic carbocycles. The first kappa shape index (κ1) is 13.7. The molecule has 3 N–H and O–H groups in total. The average molecular weight is 280 g/mol. The van der Waals surface area contributed by atoms with Crippen molar-refractivity contribution >= 4 is 33.3 Å². The second-order valence-electron chi connectivity index (χ2n) is 4.09. The zero-order valence-corrected chi connectivity index (χ0v) is 11.7. The number of carbonyl (C=O) groups excluding carboxylic acids is 1. The SMILES string of the molecule is CCOCC(C)NC(=O)c1sc2nccnc2c1N. The Morgan fingerprint density at radius 1 is 1.53 bits per heavy atom. The van der Waals surface area contributed by atoms with Crippen LogP contribution >= 0.6 is 11.3 Å². The topological polar surface area (TPSA) is 90.1 Å². The molecule has 0 spiro atoms. The van der Waals surface area contributed by atoms with Crippen molar-refractivity contribution < 1.29 is 9.53 Å². The first-order chi connectivity index (χ1) is 9.13. The molecule has 7 heteroatoms. The molecule has 19 heavy (non-hydrogen) atoms. The maximum Gasteiger partial charge on any atom is 0.263 e. The fourth-order valence-electron chi connectivity index (χ4n) is 1.64. The number of fused-ring (bicyclic) bond motifs is 1. The summed E-state index contributed by atoms with van der Waals surface area (Å²) in [6.07, 6.45) is 3.14. The van der Waals surface area contributed by atoms with Crippen LogP contribution in [0.2, 0.25) is 0 Å². The molecular weight excluding hydrogens is 264 g/mol. The monoisotopic (exact) mass is 280 g/mol. The smallest absolute Gasteiger partial charge is 0.263 e. The van der Waals surface area contributed by atoms with Crippen LogP contribution in [0.5, 0.6) is 0 Å². The standard InChI is InChI=1S/C12H16N4O2S/c1-3-18-6-7(2)16-11(17)10-8(13)9-12(19-10)15-5-4-14-9/h4-5,7H,3,6,13H2,1-2H3,(H,16,17). The van der Waals surface area contributed by atoms with Gasteiger partial charge in [0.05, 0.1) is 12.3 Å². The number of nitrogen functional groups attached to an aromatic ring is 1. The minimum atomic E-state index is -0.213. The maximum atomic E-state index is 12.1. The van der Waals surface area contributed by atoms with E-state index in [-0.39, 0.29) is 11.9 Å². The number of anilines is 1. The zero-order chi connectivity index (χ0) is 13.8. The van der Waals surface area contributed by atoms with E-state index in [2.05, 4.69) is 15.3 Å². The Bertz CT molecular complexity index is 584. The van der Waals surface area contributed by atoms with E-state index >= 15 is 0 Å². The lowest BCUT2D eigenvalue weighted by molar-refractivity contribution is 0.0876. The number of hydrogen-bond acceptors (Lipinski definition) is 6. The third-order valence-electron chi connectivity index (χ3n) is 2.52. The van der Waals surface area contributed by atoms with Crippen LogP contribution in [-0.4, -0.2) is 35.1 Å². The van der Waals surface area contributed by atoms with E-state index in [4.69, 9.17) is 10.5 Å². The highest BCUT2D eigenvalue weighted by Crippen LogP contribution is 2.30. The average Bonchev–Trinajstić information content (AvgIpc) is 2.74. The van der Waals surface area contributed by atoms with Crippen LogP contribution in [-0.2, 0) is 4.74 Å². The van der Waals surface area contributed by atoms with Gasteiger partial charge in [-0.05, 0) is 13.8 Å². The molecule has 0 aliphatic heterocycles. The molecule has 2 aromatic rings. The van der Waals surface area contributed by atoms with Crippen LogP contribution in [0.3, 0.4) is 0 Å². The summed E-state index contributed by atoms with van der Waals surface area (Å²) >= 11 is 1.25. The van der Waals surface area contributed by atoms with Crippen LogP contribution in [0.4, 0.5) is 5.69 Å². The molecule has 2 heterocycles. The fourth-order valence-corrected chi connectivity index (χ4v) is 2.56. The molecule has 0 aromatic carbocycles. The number of nitrogens with zero attached hydrogens (tertiary/aromatic N) is 2. The van der Waals surface area contributed by atoms with Crippen LogP contribution in [0.15, 0.2) is 12.4 Å². The number of hydrogen-bond donors (Lipinski definition) is 2. The summed E-state index contributed by atoms with van der Waals surface area (Å²) in [5.41, 5.74) is 6.89. The number of ether oxygens (including phenoxy) is 1. The summed E-state index contributed by atoms with van der Waals surface area (Å²) in [5.74, 6) is -0.213. The van der Waals surface area contributed by atoms with Gasteiger partial charge in [0.1, 0.15) is 15.2 Å². The van der Waals surface area contributed by atoms with Crippen LogP contribution in [0, 0.1) is 0 Å². The molecule has 0 saturated carbocycles. The number of thiophene rings is 1. The molecule has 1 amide bonds. The molecule has 0 saturated heterocycles. The molecule has 0 fully saturated rings. The zero-order valence-electron chi connectivity index (χ0n) is 10.8. The van der Waals surface area contributed by atoms with E-state index in [9.17, 15) is 4.79 Å². The Morgan fingerprint density at radius 3 is 2.95 bits per heavy atom. The molecule has 1 atom stereocenters. The highest BCUT2D eigenvalue weighted by Gasteiger charge is 2.19. The van der Waals surface area contributed by atoms with Crippen LogP contribution in [0.1, 0.15) is 23.5 Å². The lowest BCUT2D eigenvalue weighted by Gasteiger charge is -2.12. The molecule has 2 aromatic heterocycles. The summed E-state index contributed by atoms with van der Waals surface area (Å²) < 4.78 is 5.25. The third-order valence-corrected chi connectivity index (χ3v) is 3.62. The van der Waals surface area contributed by atoms with Crippen molar-refractivity contribution in [2.24, 2.45) is 0 Å². The lowest BCUT2D eigenvalue weighted by Crippen LogP contribution is -2.35. The highest BCUT2D eigenvalue weighted by atomic mass is 32.1. The van der Waals surface area contributed by atoms with E-state index < -0.39 is 0 Å². The van der Waals surface area contributed by atoms with Crippen molar-refractivity contribution in [1.29, 1.82) is 0 Å². The van der Waals surface area contributed by atoms with Gasteiger partial charge in [-0.1, -0.05) is 0 Å². The Balaban J connectivity index is 2.15. The Hall–Kier alpha value is -1.73.